The first-order valence-corrected chi connectivity index (χ1v) is 8.89. The second-order valence-corrected chi connectivity index (χ2v) is 6.88. The maximum absolute atomic E-state index is 12.5. The topological polar surface area (TPSA) is 71.3 Å². The molecule has 2 aromatic rings. The Balaban J connectivity index is 1.95. The van der Waals surface area contributed by atoms with Crippen LogP contribution in [0.5, 0.6) is 0 Å². The Bertz CT molecular complexity index is 685. The number of aromatic nitrogens is 2. The van der Waals surface area contributed by atoms with Crippen LogP contribution in [-0.4, -0.2) is 27.6 Å². The normalized spacial score (nSPS) is 12.2. The van der Waals surface area contributed by atoms with Crippen molar-refractivity contribution in [1.82, 2.24) is 20.4 Å². The maximum atomic E-state index is 12.5. The Morgan fingerprint density at radius 2 is 1.96 bits per heavy atom. The van der Waals surface area contributed by atoms with Crippen LogP contribution in [0.4, 0.5) is 4.79 Å². The first-order chi connectivity index (χ1) is 11.9. The van der Waals surface area contributed by atoms with E-state index in [0.29, 0.717) is 35.7 Å². The van der Waals surface area contributed by atoms with Crippen molar-refractivity contribution in [2.75, 3.05) is 6.54 Å². The minimum Gasteiger partial charge on any atom is -0.339 e. The molecule has 0 unspecified atom stereocenters. The molecule has 1 aromatic carbocycles. The van der Waals surface area contributed by atoms with Crippen LogP contribution in [0.15, 0.2) is 28.8 Å². The van der Waals surface area contributed by atoms with Gasteiger partial charge in [0.25, 0.3) is 0 Å². The lowest BCUT2D eigenvalue weighted by Gasteiger charge is -2.23. The Hall–Kier alpha value is -2.08. The molecule has 2 amide bonds. The maximum Gasteiger partial charge on any atom is 0.318 e. The molecule has 25 heavy (non-hydrogen) atoms. The van der Waals surface area contributed by atoms with Gasteiger partial charge in [-0.15, -0.1) is 0 Å². The van der Waals surface area contributed by atoms with Crippen molar-refractivity contribution in [3.05, 3.63) is 46.6 Å². The lowest BCUT2D eigenvalue weighted by molar-refractivity contribution is 0.192. The fourth-order valence-electron chi connectivity index (χ4n) is 2.40. The van der Waals surface area contributed by atoms with Gasteiger partial charge < -0.3 is 14.7 Å². The summed E-state index contributed by atoms with van der Waals surface area (Å²) in [5.41, 5.74) is 0.993. The summed E-state index contributed by atoms with van der Waals surface area (Å²) in [6.07, 6.45) is 0.735. The zero-order valence-electron chi connectivity index (χ0n) is 15.1. The van der Waals surface area contributed by atoms with Crippen molar-refractivity contribution < 1.29 is 9.32 Å². The lowest BCUT2D eigenvalue weighted by Crippen LogP contribution is -2.40. The van der Waals surface area contributed by atoms with E-state index >= 15 is 0 Å². The van der Waals surface area contributed by atoms with Crippen LogP contribution in [0.2, 0.25) is 5.02 Å². The van der Waals surface area contributed by atoms with Crippen LogP contribution < -0.4 is 5.32 Å². The molecule has 0 radical (unpaired) electrons. The fourth-order valence-corrected chi connectivity index (χ4v) is 2.52. The van der Waals surface area contributed by atoms with Gasteiger partial charge in [-0.3, -0.25) is 0 Å². The van der Waals surface area contributed by atoms with Crippen LogP contribution in [0, 0.1) is 5.92 Å². The fraction of sp³-hybridized carbons (Fsp3) is 0.500. The van der Waals surface area contributed by atoms with Crippen LogP contribution in [0.3, 0.4) is 0 Å². The molecular formula is C18H25ClN4O2. The number of nitrogens with one attached hydrogen (secondary N) is 1. The molecule has 0 aliphatic rings. The van der Waals surface area contributed by atoms with Gasteiger partial charge in [0.1, 0.15) is 0 Å². The summed E-state index contributed by atoms with van der Waals surface area (Å²) < 4.78 is 5.23. The third-order valence-electron chi connectivity index (χ3n) is 3.80. The van der Waals surface area contributed by atoms with Gasteiger partial charge in [0.15, 0.2) is 5.82 Å². The molecule has 0 aliphatic heterocycles. The molecule has 0 bridgehead atoms. The van der Waals surface area contributed by atoms with Crippen molar-refractivity contribution in [2.45, 2.75) is 46.7 Å². The molecule has 1 atom stereocenters. The molecule has 1 heterocycles. The second-order valence-electron chi connectivity index (χ2n) is 6.44. The summed E-state index contributed by atoms with van der Waals surface area (Å²) in [5, 5.41) is 7.62. The lowest BCUT2D eigenvalue weighted by atomic mass is 10.1. The number of carbonyl (C=O) groups is 1. The summed E-state index contributed by atoms with van der Waals surface area (Å²) in [6, 6.07) is 7.14. The molecule has 0 saturated carbocycles. The monoisotopic (exact) mass is 364 g/mol. The predicted octanol–water partition coefficient (Wildman–Crippen LogP) is 4.21. The SMILES string of the molecule is CCN(Cc1noc(CC(C)C)n1)C(=O)N[C@H](C)c1ccc(Cl)cc1. The Kier molecular flexibility index (Phi) is 6.82. The van der Waals surface area contributed by atoms with Crippen molar-refractivity contribution in [3.8, 4) is 0 Å². The first-order valence-electron chi connectivity index (χ1n) is 8.51. The summed E-state index contributed by atoms with van der Waals surface area (Å²) in [4.78, 5) is 18.5. The number of rotatable bonds is 7. The van der Waals surface area contributed by atoms with Gasteiger partial charge in [-0.25, -0.2) is 4.79 Å². The van der Waals surface area contributed by atoms with E-state index in [0.717, 1.165) is 12.0 Å². The molecule has 0 spiro atoms. The van der Waals surface area contributed by atoms with Gasteiger partial charge in [-0.2, -0.15) is 4.98 Å². The summed E-state index contributed by atoms with van der Waals surface area (Å²) in [6.45, 7) is 8.90. The smallest absolute Gasteiger partial charge is 0.318 e. The molecule has 136 valence electrons. The van der Waals surface area contributed by atoms with Crippen molar-refractivity contribution >= 4 is 17.6 Å². The predicted molar refractivity (Wildman–Crippen MR) is 97.3 cm³/mol. The number of amides is 2. The Labute approximate surface area is 153 Å². The quantitative estimate of drug-likeness (QED) is 0.798. The molecule has 0 aliphatic carbocycles. The van der Waals surface area contributed by atoms with Gasteiger partial charge >= 0.3 is 6.03 Å². The summed E-state index contributed by atoms with van der Waals surface area (Å²) >= 11 is 5.90. The Morgan fingerprint density at radius 1 is 1.28 bits per heavy atom. The van der Waals surface area contributed by atoms with Crippen molar-refractivity contribution in [1.29, 1.82) is 0 Å². The zero-order valence-corrected chi connectivity index (χ0v) is 15.9. The van der Waals surface area contributed by atoms with E-state index in [1.165, 1.54) is 0 Å². The van der Waals surface area contributed by atoms with Gasteiger partial charge in [0, 0.05) is 18.0 Å². The third-order valence-corrected chi connectivity index (χ3v) is 4.06. The highest BCUT2D eigenvalue weighted by Crippen LogP contribution is 2.16. The molecule has 2 rings (SSSR count). The largest absolute Gasteiger partial charge is 0.339 e. The van der Waals surface area contributed by atoms with Crippen LogP contribution in [-0.2, 0) is 13.0 Å². The molecule has 7 heteroatoms. The second kappa shape index (κ2) is 8.85. The Morgan fingerprint density at radius 3 is 2.56 bits per heavy atom. The van der Waals surface area contributed by atoms with Gasteiger partial charge in [0.05, 0.1) is 12.6 Å². The number of carbonyl (C=O) groups excluding carboxylic acids is 1. The number of nitrogens with zero attached hydrogens (tertiary/aromatic N) is 3. The standard InChI is InChI=1S/C18H25ClN4O2/c1-5-23(11-16-21-17(25-22-16)10-12(2)3)18(24)20-13(4)14-6-8-15(19)9-7-14/h6-9,12-13H,5,10-11H2,1-4H3,(H,20,24)/t13-/m1/s1. The minimum atomic E-state index is -0.167. The summed E-state index contributed by atoms with van der Waals surface area (Å²) in [5.74, 6) is 1.57. The van der Waals surface area contributed by atoms with Crippen molar-refractivity contribution in [2.24, 2.45) is 5.92 Å². The van der Waals surface area contributed by atoms with E-state index in [1.54, 1.807) is 4.90 Å². The van der Waals surface area contributed by atoms with Gasteiger partial charge in [0.2, 0.25) is 5.89 Å². The zero-order chi connectivity index (χ0) is 18.4. The highest BCUT2D eigenvalue weighted by atomic mass is 35.5. The third kappa shape index (κ3) is 5.74. The van der Waals surface area contributed by atoms with Gasteiger partial charge in [-0.05, 0) is 37.5 Å². The molecule has 1 aromatic heterocycles. The number of benzene rings is 1. The highest BCUT2D eigenvalue weighted by Gasteiger charge is 2.18. The van der Waals surface area contributed by atoms with Crippen LogP contribution in [0.25, 0.3) is 0 Å². The highest BCUT2D eigenvalue weighted by molar-refractivity contribution is 6.30. The van der Waals surface area contributed by atoms with E-state index < -0.39 is 0 Å². The number of urea groups is 1. The molecule has 6 nitrogen and oxygen atoms in total. The van der Waals surface area contributed by atoms with E-state index in [9.17, 15) is 4.79 Å². The van der Waals surface area contributed by atoms with E-state index in [1.807, 2.05) is 38.1 Å². The molecular weight excluding hydrogens is 340 g/mol. The average molecular weight is 365 g/mol. The van der Waals surface area contributed by atoms with E-state index in [-0.39, 0.29) is 12.1 Å². The van der Waals surface area contributed by atoms with Gasteiger partial charge in [-0.1, -0.05) is 42.7 Å². The number of hydrogen-bond donors (Lipinski definition) is 1. The van der Waals surface area contributed by atoms with E-state index in [4.69, 9.17) is 16.1 Å². The average Bonchev–Trinajstić information content (AvgIpc) is 2.99. The van der Waals surface area contributed by atoms with Crippen molar-refractivity contribution in [3.63, 3.8) is 0 Å². The molecule has 1 N–H and O–H groups in total. The summed E-state index contributed by atoms with van der Waals surface area (Å²) in [7, 11) is 0. The minimum absolute atomic E-state index is 0.124. The van der Waals surface area contributed by atoms with Crippen LogP contribution in [0.1, 0.15) is 51.0 Å². The van der Waals surface area contributed by atoms with E-state index in [2.05, 4.69) is 29.3 Å². The molecule has 0 fully saturated rings. The number of hydrogen-bond acceptors (Lipinski definition) is 4. The van der Waals surface area contributed by atoms with Crippen LogP contribution >= 0.6 is 11.6 Å². The first kappa shape index (κ1) is 19.2. The number of halogens is 1. The molecule has 0 saturated heterocycles.